The molecule has 12 heteroatoms. The van der Waals surface area contributed by atoms with E-state index in [1.54, 1.807) is 23.7 Å². The van der Waals surface area contributed by atoms with Gasteiger partial charge in [0.05, 0.1) is 18.3 Å². The van der Waals surface area contributed by atoms with E-state index in [4.69, 9.17) is 9.15 Å². The fourth-order valence-electron chi connectivity index (χ4n) is 3.27. The number of rotatable bonds is 9. The second-order valence-electron chi connectivity index (χ2n) is 8.28. The Balaban J connectivity index is 0.000000830. The predicted octanol–water partition coefficient (Wildman–Crippen LogP) is 2.97. The highest BCUT2D eigenvalue weighted by atomic mass is 32.2. The van der Waals surface area contributed by atoms with Crippen molar-refractivity contribution in [3.05, 3.63) is 69.3 Å². The van der Waals surface area contributed by atoms with Gasteiger partial charge in [-0.05, 0) is 43.4 Å². The maximum atomic E-state index is 15.0. The van der Waals surface area contributed by atoms with E-state index in [-0.39, 0.29) is 17.7 Å². The highest BCUT2D eigenvalue weighted by molar-refractivity contribution is 7.90. The van der Waals surface area contributed by atoms with Crippen molar-refractivity contribution in [3.63, 3.8) is 0 Å². The average molecular weight is 539 g/mol. The SMILES string of the molecule is CN(C)C=S.CNS(=O)(=O)Nc1cccc(Cc2c(CN(C)C)c3ccc(OC)cc3oc2=O)c1F. The van der Waals surface area contributed by atoms with Gasteiger partial charge >= 0.3 is 5.63 Å². The summed E-state index contributed by atoms with van der Waals surface area (Å²) in [6.07, 6.45) is -0.0611. The topological polar surface area (TPSA) is 104 Å². The number of ether oxygens (including phenoxy) is 1. The molecule has 1 aromatic heterocycles. The maximum Gasteiger partial charge on any atom is 0.340 e. The van der Waals surface area contributed by atoms with E-state index in [1.807, 2.05) is 38.0 Å². The van der Waals surface area contributed by atoms with Crippen molar-refractivity contribution >= 4 is 44.6 Å². The molecule has 196 valence electrons. The zero-order valence-corrected chi connectivity index (χ0v) is 22.7. The van der Waals surface area contributed by atoms with Crippen LogP contribution < -0.4 is 19.8 Å². The molecule has 2 N–H and O–H groups in total. The summed E-state index contributed by atoms with van der Waals surface area (Å²) >= 11 is 4.48. The summed E-state index contributed by atoms with van der Waals surface area (Å²) in [6, 6.07) is 9.53. The van der Waals surface area contributed by atoms with E-state index in [0.717, 1.165) is 5.39 Å². The summed E-state index contributed by atoms with van der Waals surface area (Å²) in [4.78, 5) is 16.6. The molecule has 0 aliphatic rings. The van der Waals surface area contributed by atoms with E-state index < -0.39 is 21.7 Å². The molecule has 0 spiro atoms. The van der Waals surface area contributed by atoms with Gasteiger partial charge in [-0.25, -0.2) is 13.9 Å². The summed E-state index contributed by atoms with van der Waals surface area (Å²) in [5.41, 5.74) is 2.34. The fraction of sp³-hybridized carbons (Fsp3) is 0.333. The van der Waals surface area contributed by atoms with Gasteiger partial charge in [0.2, 0.25) is 0 Å². The van der Waals surface area contributed by atoms with Gasteiger partial charge in [0.1, 0.15) is 11.3 Å². The standard InChI is InChI=1S/C21H24FN3O5S.C3H7NS/c1-23-31(27,28)24-18-7-5-6-13(20(18)22)10-16-17(12-25(2)3)15-9-8-14(29-4)11-19(15)30-21(16)26;1-4(2)3-5/h5-9,11,23-24H,10,12H2,1-4H3;3H,1-2H3. The zero-order chi connectivity index (χ0) is 27.0. The first-order chi connectivity index (χ1) is 16.9. The molecule has 1 heterocycles. The molecule has 3 aromatic rings. The van der Waals surface area contributed by atoms with Gasteiger partial charge in [-0.2, -0.15) is 8.42 Å². The van der Waals surface area contributed by atoms with Gasteiger partial charge < -0.3 is 19.0 Å². The highest BCUT2D eigenvalue weighted by Gasteiger charge is 2.20. The first-order valence-electron chi connectivity index (χ1n) is 10.8. The van der Waals surface area contributed by atoms with E-state index in [9.17, 15) is 13.2 Å². The van der Waals surface area contributed by atoms with E-state index >= 15 is 4.39 Å². The molecule has 36 heavy (non-hydrogen) atoms. The Labute approximate surface area is 216 Å². The Kier molecular flexibility index (Phi) is 10.3. The second kappa shape index (κ2) is 12.8. The smallest absolute Gasteiger partial charge is 0.340 e. The van der Waals surface area contributed by atoms with Crippen LogP contribution in [0.4, 0.5) is 10.1 Å². The zero-order valence-electron chi connectivity index (χ0n) is 21.1. The molecular formula is C24H31FN4O5S2. The summed E-state index contributed by atoms with van der Waals surface area (Å²) < 4.78 is 53.4. The van der Waals surface area contributed by atoms with Crippen LogP contribution in [0.15, 0.2) is 45.6 Å². The van der Waals surface area contributed by atoms with Crippen LogP contribution in [0.1, 0.15) is 16.7 Å². The van der Waals surface area contributed by atoms with Crippen LogP contribution in [0.5, 0.6) is 5.75 Å². The minimum atomic E-state index is -3.89. The van der Waals surface area contributed by atoms with Crippen LogP contribution in [0.3, 0.4) is 0 Å². The maximum absolute atomic E-state index is 15.0. The molecule has 0 bridgehead atoms. The lowest BCUT2D eigenvalue weighted by molar-refractivity contribution is 0.399. The van der Waals surface area contributed by atoms with Crippen molar-refractivity contribution in [2.45, 2.75) is 13.0 Å². The van der Waals surface area contributed by atoms with Crippen molar-refractivity contribution in [2.75, 3.05) is 47.1 Å². The number of hydrogen-bond donors (Lipinski definition) is 2. The molecule has 0 atom stereocenters. The predicted molar refractivity (Wildman–Crippen MR) is 145 cm³/mol. The van der Waals surface area contributed by atoms with Crippen LogP contribution in [0.25, 0.3) is 11.0 Å². The van der Waals surface area contributed by atoms with Crippen molar-refractivity contribution in [3.8, 4) is 5.75 Å². The third-order valence-corrected chi connectivity index (χ3v) is 6.42. The summed E-state index contributed by atoms with van der Waals surface area (Å²) in [7, 11) is 6.36. The molecule has 0 aliphatic heterocycles. The Morgan fingerprint density at radius 1 is 1.14 bits per heavy atom. The quantitative estimate of drug-likeness (QED) is 0.317. The number of thiocarbonyl (C=S) groups is 1. The molecule has 2 aromatic carbocycles. The van der Waals surface area contributed by atoms with Crippen molar-refractivity contribution < 1.29 is 22.0 Å². The molecule has 0 unspecified atom stereocenters. The van der Waals surface area contributed by atoms with E-state index in [0.29, 0.717) is 29.0 Å². The number of anilines is 1. The molecule has 0 radical (unpaired) electrons. The van der Waals surface area contributed by atoms with E-state index in [2.05, 4.69) is 21.7 Å². The Morgan fingerprint density at radius 3 is 2.36 bits per heavy atom. The summed E-state index contributed by atoms with van der Waals surface area (Å²) in [5, 5.41) is 0.719. The number of halogens is 1. The number of methoxy groups -OCH3 is 1. The number of fused-ring (bicyclic) bond motifs is 1. The molecule has 3 rings (SSSR count). The number of hydrogen-bond acceptors (Lipinski definition) is 7. The van der Waals surface area contributed by atoms with Crippen LogP contribution in [0.2, 0.25) is 0 Å². The Hall–Kier alpha value is -3.06. The minimum Gasteiger partial charge on any atom is -0.497 e. The van der Waals surface area contributed by atoms with Crippen LogP contribution >= 0.6 is 12.2 Å². The van der Waals surface area contributed by atoms with Gasteiger partial charge in [0, 0.05) is 51.1 Å². The van der Waals surface area contributed by atoms with Crippen molar-refractivity contribution in [1.29, 1.82) is 0 Å². The van der Waals surface area contributed by atoms with Gasteiger partial charge in [0.25, 0.3) is 10.2 Å². The first-order valence-corrected chi connectivity index (χ1v) is 12.8. The van der Waals surface area contributed by atoms with Gasteiger partial charge in [-0.1, -0.05) is 24.4 Å². The average Bonchev–Trinajstić information content (AvgIpc) is 2.83. The number of nitrogens with zero attached hydrogens (tertiary/aromatic N) is 2. The molecular weight excluding hydrogens is 507 g/mol. The molecule has 0 aliphatic carbocycles. The van der Waals surface area contributed by atoms with Gasteiger partial charge in [-0.15, -0.1) is 0 Å². The lowest BCUT2D eigenvalue weighted by Crippen LogP contribution is -2.27. The Bertz CT molecular complexity index is 1370. The lowest BCUT2D eigenvalue weighted by atomic mass is 9.97. The van der Waals surface area contributed by atoms with E-state index in [1.165, 1.54) is 32.4 Å². The fourth-order valence-corrected chi connectivity index (χ4v) is 3.82. The lowest BCUT2D eigenvalue weighted by Gasteiger charge is -2.17. The van der Waals surface area contributed by atoms with Crippen molar-refractivity contribution in [2.24, 2.45) is 0 Å². The number of nitrogens with one attached hydrogen (secondary N) is 2. The van der Waals surface area contributed by atoms with Gasteiger partial charge in [0.15, 0.2) is 5.82 Å². The Morgan fingerprint density at radius 2 is 1.81 bits per heavy atom. The third-order valence-electron chi connectivity index (χ3n) is 4.97. The van der Waals surface area contributed by atoms with Gasteiger partial charge in [-0.3, -0.25) is 4.72 Å². The summed E-state index contributed by atoms with van der Waals surface area (Å²) in [6.45, 7) is 0.428. The molecule has 0 fully saturated rings. The van der Waals surface area contributed by atoms with Crippen LogP contribution in [-0.2, 0) is 23.2 Å². The minimum absolute atomic E-state index is 0.0611. The van der Waals surface area contributed by atoms with Crippen molar-refractivity contribution in [1.82, 2.24) is 14.5 Å². The molecule has 0 saturated heterocycles. The normalized spacial score (nSPS) is 11.1. The monoisotopic (exact) mass is 538 g/mol. The highest BCUT2D eigenvalue weighted by Crippen LogP contribution is 2.28. The number of benzene rings is 2. The van der Waals surface area contributed by atoms with Crippen LogP contribution in [0, 0.1) is 5.82 Å². The molecule has 0 amide bonds. The second-order valence-corrected chi connectivity index (χ2v) is 10.1. The first kappa shape index (κ1) is 29.2. The largest absolute Gasteiger partial charge is 0.497 e. The third kappa shape index (κ3) is 7.72. The molecule has 0 saturated carbocycles. The molecule has 9 nitrogen and oxygen atoms in total. The van der Waals surface area contributed by atoms with Crippen LogP contribution in [-0.4, -0.2) is 66.1 Å². The summed E-state index contributed by atoms with van der Waals surface area (Å²) in [5.74, 6) is -0.207.